The molecule has 0 aliphatic rings. The van der Waals surface area contributed by atoms with Crippen molar-refractivity contribution in [1.29, 1.82) is 0 Å². The maximum Gasteiger partial charge on any atom is 0.416 e. The number of nitrogens with zero attached hydrogens (tertiary/aromatic N) is 1. The monoisotopic (exact) mass is 256 g/mol. The van der Waals surface area contributed by atoms with Crippen molar-refractivity contribution in [3.8, 4) is 0 Å². The molecule has 0 bridgehead atoms. The molecule has 2 aromatic rings. The number of alkyl halides is 3. The van der Waals surface area contributed by atoms with E-state index in [1.807, 2.05) is 0 Å². The van der Waals surface area contributed by atoms with Gasteiger partial charge in [-0.25, -0.2) is 4.98 Å². The molecule has 0 fully saturated rings. The van der Waals surface area contributed by atoms with Gasteiger partial charge in [-0.05, 0) is 18.2 Å². The Balaban J connectivity index is 2.10. The minimum Gasteiger partial charge on any atom is -0.397 e. The first-order valence-electron chi connectivity index (χ1n) is 5.15. The van der Waals surface area contributed by atoms with Crippen molar-refractivity contribution in [2.24, 2.45) is 0 Å². The number of anilines is 2. The average Bonchev–Trinajstić information content (AvgIpc) is 2.79. The second-order valence-electron chi connectivity index (χ2n) is 3.69. The zero-order chi connectivity index (χ0) is 13.2. The number of benzene rings is 1. The van der Waals surface area contributed by atoms with E-state index in [1.54, 1.807) is 12.4 Å². The summed E-state index contributed by atoms with van der Waals surface area (Å²) in [6.07, 6.45) is -1.13. The van der Waals surface area contributed by atoms with Crippen molar-refractivity contribution in [2.45, 2.75) is 12.7 Å². The molecule has 96 valence electrons. The summed E-state index contributed by atoms with van der Waals surface area (Å²) in [5, 5.41) is 2.91. The average molecular weight is 256 g/mol. The van der Waals surface area contributed by atoms with Gasteiger partial charge in [-0.2, -0.15) is 13.2 Å². The number of H-pyrrole nitrogens is 1. The Morgan fingerprint density at radius 3 is 2.67 bits per heavy atom. The summed E-state index contributed by atoms with van der Waals surface area (Å²) in [4.78, 5) is 6.85. The molecule has 2 rings (SSSR count). The van der Waals surface area contributed by atoms with Gasteiger partial charge in [0.15, 0.2) is 0 Å². The summed E-state index contributed by atoms with van der Waals surface area (Å²) in [5.74, 6) is 0.675. The molecule has 4 N–H and O–H groups in total. The van der Waals surface area contributed by atoms with Gasteiger partial charge in [-0.1, -0.05) is 0 Å². The van der Waals surface area contributed by atoms with Crippen LogP contribution < -0.4 is 11.1 Å². The van der Waals surface area contributed by atoms with Crippen LogP contribution in [0.3, 0.4) is 0 Å². The summed E-state index contributed by atoms with van der Waals surface area (Å²) < 4.78 is 37.3. The van der Waals surface area contributed by atoms with E-state index in [-0.39, 0.29) is 5.69 Å². The number of nitrogen functional groups attached to an aromatic ring is 1. The Morgan fingerprint density at radius 1 is 1.33 bits per heavy atom. The zero-order valence-corrected chi connectivity index (χ0v) is 9.25. The predicted molar refractivity (Wildman–Crippen MR) is 61.8 cm³/mol. The lowest BCUT2D eigenvalue weighted by Gasteiger charge is -2.11. The topological polar surface area (TPSA) is 66.7 Å². The van der Waals surface area contributed by atoms with Crippen molar-refractivity contribution in [2.75, 3.05) is 11.1 Å². The van der Waals surface area contributed by atoms with Crippen LogP contribution in [0.4, 0.5) is 24.5 Å². The van der Waals surface area contributed by atoms with Crippen LogP contribution in [0.25, 0.3) is 0 Å². The molecule has 0 aliphatic carbocycles. The quantitative estimate of drug-likeness (QED) is 0.739. The van der Waals surface area contributed by atoms with Crippen LogP contribution in [-0.2, 0) is 12.7 Å². The zero-order valence-electron chi connectivity index (χ0n) is 9.25. The molecule has 1 aromatic heterocycles. The number of hydrogen-bond acceptors (Lipinski definition) is 3. The van der Waals surface area contributed by atoms with Crippen LogP contribution in [0, 0.1) is 0 Å². The van der Waals surface area contributed by atoms with Crippen molar-refractivity contribution in [1.82, 2.24) is 9.97 Å². The van der Waals surface area contributed by atoms with E-state index in [9.17, 15) is 13.2 Å². The lowest BCUT2D eigenvalue weighted by atomic mass is 10.1. The maximum atomic E-state index is 12.4. The van der Waals surface area contributed by atoms with Crippen molar-refractivity contribution in [3.05, 3.63) is 42.0 Å². The third-order valence-electron chi connectivity index (χ3n) is 2.38. The van der Waals surface area contributed by atoms with Gasteiger partial charge in [-0.15, -0.1) is 0 Å². The summed E-state index contributed by atoms with van der Waals surface area (Å²) in [6, 6.07) is 3.20. The van der Waals surface area contributed by atoms with Crippen molar-refractivity contribution >= 4 is 11.4 Å². The minimum absolute atomic E-state index is 0.0522. The highest BCUT2D eigenvalue weighted by atomic mass is 19.4. The normalized spacial score (nSPS) is 11.5. The third-order valence-corrected chi connectivity index (χ3v) is 2.38. The van der Waals surface area contributed by atoms with Gasteiger partial charge in [0.1, 0.15) is 5.82 Å². The van der Waals surface area contributed by atoms with Gasteiger partial charge in [0, 0.05) is 12.4 Å². The molecule has 1 aromatic carbocycles. The molecule has 7 heteroatoms. The third kappa shape index (κ3) is 2.73. The van der Waals surface area contributed by atoms with Crippen LogP contribution in [0.5, 0.6) is 0 Å². The first kappa shape index (κ1) is 12.3. The number of hydrogen-bond donors (Lipinski definition) is 3. The van der Waals surface area contributed by atoms with E-state index < -0.39 is 11.7 Å². The highest BCUT2D eigenvalue weighted by molar-refractivity contribution is 5.67. The highest BCUT2D eigenvalue weighted by Crippen LogP contribution is 2.32. The Kier molecular flexibility index (Phi) is 3.14. The number of aromatic amines is 1. The summed E-state index contributed by atoms with van der Waals surface area (Å²) >= 11 is 0. The summed E-state index contributed by atoms with van der Waals surface area (Å²) in [7, 11) is 0. The van der Waals surface area contributed by atoms with Crippen LogP contribution >= 0.6 is 0 Å². The van der Waals surface area contributed by atoms with Crippen LogP contribution in [0.2, 0.25) is 0 Å². The molecular formula is C11H11F3N4. The SMILES string of the molecule is Nc1cc(C(F)(F)F)ccc1NCc1ncc[nH]1. The van der Waals surface area contributed by atoms with E-state index in [4.69, 9.17) is 5.73 Å². The fourth-order valence-electron chi connectivity index (χ4n) is 1.47. The molecule has 0 radical (unpaired) electrons. The van der Waals surface area contributed by atoms with Gasteiger partial charge in [0.25, 0.3) is 0 Å². The fraction of sp³-hybridized carbons (Fsp3) is 0.182. The maximum absolute atomic E-state index is 12.4. The van der Waals surface area contributed by atoms with E-state index in [2.05, 4.69) is 15.3 Å². The molecule has 0 aliphatic heterocycles. The molecule has 0 saturated carbocycles. The fourth-order valence-corrected chi connectivity index (χ4v) is 1.47. The minimum atomic E-state index is -4.38. The van der Waals surface area contributed by atoms with Gasteiger partial charge in [0.2, 0.25) is 0 Å². The molecule has 0 unspecified atom stereocenters. The molecular weight excluding hydrogens is 245 g/mol. The molecule has 1 heterocycles. The molecule has 4 nitrogen and oxygen atoms in total. The van der Waals surface area contributed by atoms with Crippen molar-refractivity contribution in [3.63, 3.8) is 0 Å². The second kappa shape index (κ2) is 4.59. The Labute approximate surface area is 101 Å². The van der Waals surface area contributed by atoms with Crippen LogP contribution in [-0.4, -0.2) is 9.97 Å². The number of rotatable bonds is 3. The van der Waals surface area contributed by atoms with E-state index >= 15 is 0 Å². The van der Waals surface area contributed by atoms with Gasteiger partial charge in [-0.3, -0.25) is 0 Å². The van der Waals surface area contributed by atoms with E-state index in [0.29, 0.717) is 18.1 Å². The Morgan fingerprint density at radius 2 is 2.11 bits per heavy atom. The number of nitrogens with one attached hydrogen (secondary N) is 2. The van der Waals surface area contributed by atoms with E-state index in [0.717, 1.165) is 12.1 Å². The number of halogens is 3. The standard InChI is InChI=1S/C11H11F3N4/c12-11(13,14)7-1-2-9(8(15)5-7)18-6-10-16-3-4-17-10/h1-5,18H,6,15H2,(H,16,17). The summed E-state index contributed by atoms with van der Waals surface area (Å²) in [5.41, 5.74) is 5.30. The lowest BCUT2D eigenvalue weighted by molar-refractivity contribution is -0.137. The van der Waals surface area contributed by atoms with Gasteiger partial charge < -0.3 is 16.0 Å². The first-order chi connectivity index (χ1) is 8.47. The molecule has 18 heavy (non-hydrogen) atoms. The van der Waals surface area contributed by atoms with E-state index in [1.165, 1.54) is 6.07 Å². The van der Waals surface area contributed by atoms with Crippen LogP contribution in [0.15, 0.2) is 30.6 Å². The Bertz CT molecular complexity index is 520. The molecule has 0 atom stereocenters. The van der Waals surface area contributed by atoms with Crippen molar-refractivity contribution < 1.29 is 13.2 Å². The predicted octanol–water partition coefficient (Wildman–Crippen LogP) is 2.62. The second-order valence-corrected chi connectivity index (χ2v) is 3.69. The Hall–Kier alpha value is -2.18. The van der Waals surface area contributed by atoms with Gasteiger partial charge in [0.05, 0.1) is 23.5 Å². The lowest BCUT2D eigenvalue weighted by Crippen LogP contribution is -2.08. The first-order valence-corrected chi connectivity index (χ1v) is 5.15. The number of nitrogens with two attached hydrogens (primary N) is 1. The number of aromatic nitrogens is 2. The molecule has 0 spiro atoms. The summed E-state index contributed by atoms with van der Waals surface area (Å²) in [6.45, 7) is 0.364. The molecule has 0 saturated heterocycles. The van der Waals surface area contributed by atoms with Gasteiger partial charge >= 0.3 is 6.18 Å². The largest absolute Gasteiger partial charge is 0.416 e. The number of imidazole rings is 1. The smallest absolute Gasteiger partial charge is 0.397 e. The molecule has 0 amide bonds. The van der Waals surface area contributed by atoms with Crippen LogP contribution in [0.1, 0.15) is 11.4 Å². The highest BCUT2D eigenvalue weighted by Gasteiger charge is 2.30.